The molecule has 0 radical (unpaired) electrons. The molecule has 2 aromatic rings. The van der Waals surface area contributed by atoms with Crippen LogP contribution in [0.3, 0.4) is 0 Å². The molecule has 19 heavy (non-hydrogen) atoms. The number of hydrogen-bond donors (Lipinski definition) is 2. The van der Waals surface area contributed by atoms with Crippen LogP contribution in [0.1, 0.15) is 11.3 Å². The Morgan fingerprint density at radius 2 is 2.11 bits per heavy atom. The van der Waals surface area contributed by atoms with E-state index in [2.05, 4.69) is 36.5 Å². The van der Waals surface area contributed by atoms with E-state index in [4.69, 9.17) is 11.6 Å². The maximum atomic E-state index is 6.16. The molecule has 2 heterocycles. The summed E-state index contributed by atoms with van der Waals surface area (Å²) in [6.07, 6.45) is 0.910. The highest BCUT2D eigenvalue weighted by Gasteiger charge is 2.17. The summed E-state index contributed by atoms with van der Waals surface area (Å²) in [5.41, 5.74) is 3.03. The van der Waals surface area contributed by atoms with Crippen molar-refractivity contribution in [3.8, 4) is 0 Å². The van der Waals surface area contributed by atoms with Gasteiger partial charge in [0.1, 0.15) is 5.82 Å². The molecule has 0 spiro atoms. The van der Waals surface area contributed by atoms with Crippen molar-refractivity contribution in [1.82, 2.24) is 15.3 Å². The number of anilines is 2. The molecule has 6 heteroatoms. The average Bonchev–Trinajstić information content (AvgIpc) is 2.41. The molecule has 1 aromatic heterocycles. The van der Waals surface area contributed by atoms with Crippen LogP contribution in [-0.4, -0.2) is 16.5 Å². The Morgan fingerprint density at radius 3 is 2.95 bits per heavy atom. The first-order valence-electron chi connectivity index (χ1n) is 6.01. The second kappa shape index (κ2) is 5.45. The van der Waals surface area contributed by atoms with Crippen LogP contribution < -0.4 is 10.6 Å². The van der Waals surface area contributed by atoms with Gasteiger partial charge in [0.2, 0.25) is 0 Å². The molecule has 0 saturated carbocycles. The van der Waals surface area contributed by atoms with Crippen LogP contribution in [-0.2, 0) is 13.0 Å². The van der Waals surface area contributed by atoms with Gasteiger partial charge < -0.3 is 10.6 Å². The number of nitrogens with zero attached hydrogens (tertiary/aromatic N) is 2. The fourth-order valence-electron chi connectivity index (χ4n) is 2.11. The molecule has 0 bridgehead atoms. The van der Waals surface area contributed by atoms with Gasteiger partial charge in [-0.2, -0.15) is 0 Å². The van der Waals surface area contributed by atoms with Crippen LogP contribution in [0, 0.1) is 0 Å². The second-order valence-corrected chi connectivity index (χ2v) is 5.41. The van der Waals surface area contributed by atoms with Gasteiger partial charge in [-0.3, -0.25) is 0 Å². The minimum absolute atomic E-state index is 0.600. The minimum Gasteiger partial charge on any atom is -0.339 e. The number of aromatic nitrogens is 2. The van der Waals surface area contributed by atoms with Crippen molar-refractivity contribution < 1.29 is 0 Å². The molecule has 1 aliphatic heterocycles. The van der Waals surface area contributed by atoms with E-state index in [1.54, 1.807) is 0 Å². The van der Waals surface area contributed by atoms with Gasteiger partial charge >= 0.3 is 0 Å². The molecule has 1 aromatic carbocycles. The fraction of sp³-hybridized carbons (Fsp3) is 0.231. The number of halogens is 2. The van der Waals surface area contributed by atoms with Crippen molar-refractivity contribution in [2.75, 3.05) is 11.9 Å². The Bertz CT molecular complexity index is 618. The maximum Gasteiger partial charge on any atom is 0.198 e. The molecule has 4 nitrogen and oxygen atoms in total. The third-order valence-electron chi connectivity index (χ3n) is 3.03. The summed E-state index contributed by atoms with van der Waals surface area (Å²) in [5.74, 6) is 0.803. The Morgan fingerprint density at radius 1 is 1.26 bits per heavy atom. The molecule has 2 N–H and O–H groups in total. The van der Waals surface area contributed by atoms with Crippen molar-refractivity contribution in [1.29, 1.82) is 0 Å². The number of fused-ring (bicyclic) bond motifs is 1. The van der Waals surface area contributed by atoms with E-state index in [1.165, 1.54) is 0 Å². The fourth-order valence-corrected chi connectivity index (χ4v) is 2.68. The molecule has 1 aliphatic rings. The molecule has 3 rings (SSSR count). The first kappa shape index (κ1) is 12.8. The van der Waals surface area contributed by atoms with Gasteiger partial charge in [0.05, 0.1) is 16.4 Å². The third kappa shape index (κ3) is 2.73. The molecule has 0 saturated heterocycles. The molecular weight excluding hydrogens is 328 g/mol. The lowest BCUT2D eigenvalue weighted by atomic mass is 10.1. The number of rotatable bonds is 2. The minimum atomic E-state index is 0.600. The SMILES string of the molecule is Clc1ccccc1Nc1nc(Br)nc2c1CNCC2. The zero-order chi connectivity index (χ0) is 13.2. The molecule has 0 unspecified atom stereocenters. The van der Waals surface area contributed by atoms with Crippen LogP contribution >= 0.6 is 27.5 Å². The topological polar surface area (TPSA) is 49.8 Å². The van der Waals surface area contributed by atoms with E-state index in [-0.39, 0.29) is 0 Å². The van der Waals surface area contributed by atoms with Gasteiger partial charge in [-0.1, -0.05) is 23.7 Å². The van der Waals surface area contributed by atoms with Gasteiger partial charge in [0, 0.05) is 25.1 Å². The second-order valence-electron chi connectivity index (χ2n) is 4.30. The first-order valence-corrected chi connectivity index (χ1v) is 7.18. The smallest absolute Gasteiger partial charge is 0.198 e. The lowest BCUT2D eigenvalue weighted by Crippen LogP contribution is -2.26. The quantitative estimate of drug-likeness (QED) is 0.825. The molecule has 0 fully saturated rings. The highest BCUT2D eigenvalue weighted by molar-refractivity contribution is 9.10. The Labute approximate surface area is 124 Å². The van der Waals surface area contributed by atoms with Crippen LogP contribution in [0.25, 0.3) is 0 Å². The molecular formula is C13H12BrClN4. The van der Waals surface area contributed by atoms with E-state index in [0.29, 0.717) is 9.76 Å². The average molecular weight is 340 g/mol. The zero-order valence-corrected chi connectivity index (χ0v) is 12.4. The lowest BCUT2D eigenvalue weighted by Gasteiger charge is -2.20. The van der Waals surface area contributed by atoms with E-state index in [0.717, 1.165) is 42.3 Å². The monoisotopic (exact) mass is 338 g/mol. The largest absolute Gasteiger partial charge is 0.339 e. The summed E-state index contributed by atoms with van der Waals surface area (Å²) >= 11 is 9.52. The summed E-state index contributed by atoms with van der Waals surface area (Å²) < 4.78 is 0.600. The summed E-state index contributed by atoms with van der Waals surface area (Å²) in [4.78, 5) is 8.85. The third-order valence-corrected chi connectivity index (χ3v) is 3.72. The van der Waals surface area contributed by atoms with Crippen LogP contribution in [0.15, 0.2) is 29.0 Å². The zero-order valence-electron chi connectivity index (χ0n) is 10.1. The predicted molar refractivity (Wildman–Crippen MR) is 79.9 cm³/mol. The summed E-state index contributed by atoms with van der Waals surface area (Å²) in [5, 5.41) is 7.30. The van der Waals surface area contributed by atoms with Crippen LogP contribution in [0.4, 0.5) is 11.5 Å². The van der Waals surface area contributed by atoms with Gasteiger partial charge in [0.25, 0.3) is 0 Å². The molecule has 98 valence electrons. The summed E-state index contributed by atoms with van der Waals surface area (Å²) in [6, 6.07) is 7.63. The molecule has 0 amide bonds. The highest BCUT2D eigenvalue weighted by Crippen LogP contribution is 2.28. The highest BCUT2D eigenvalue weighted by atomic mass is 79.9. The predicted octanol–water partition coefficient (Wildman–Crippen LogP) is 3.28. The number of hydrogen-bond acceptors (Lipinski definition) is 4. The van der Waals surface area contributed by atoms with Crippen LogP contribution in [0.5, 0.6) is 0 Å². The maximum absolute atomic E-state index is 6.16. The summed E-state index contributed by atoms with van der Waals surface area (Å²) in [7, 11) is 0. The van der Waals surface area contributed by atoms with E-state index >= 15 is 0 Å². The van der Waals surface area contributed by atoms with Crippen LogP contribution in [0.2, 0.25) is 5.02 Å². The van der Waals surface area contributed by atoms with Gasteiger partial charge in [-0.25, -0.2) is 9.97 Å². The van der Waals surface area contributed by atoms with Crippen molar-refractivity contribution in [3.05, 3.63) is 45.3 Å². The van der Waals surface area contributed by atoms with Gasteiger partial charge in [-0.05, 0) is 28.1 Å². The van der Waals surface area contributed by atoms with Gasteiger partial charge in [0.15, 0.2) is 4.73 Å². The van der Waals surface area contributed by atoms with Crippen molar-refractivity contribution in [2.24, 2.45) is 0 Å². The number of benzene rings is 1. The van der Waals surface area contributed by atoms with E-state index in [1.807, 2.05) is 24.3 Å². The van der Waals surface area contributed by atoms with Crippen molar-refractivity contribution in [3.63, 3.8) is 0 Å². The van der Waals surface area contributed by atoms with Crippen molar-refractivity contribution >= 4 is 39.0 Å². The van der Waals surface area contributed by atoms with E-state index < -0.39 is 0 Å². The first-order chi connectivity index (χ1) is 9.24. The molecule has 0 aliphatic carbocycles. The standard InChI is InChI=1S/C13H12BrClN4/c14-13-18-10-5-6-16-7-8(10)12(19-13)17-11-4-2-1-3-9(11)15/h1-4,16H,5-7H2,(H,17,18,19). The van der Waals surface area contributed by atoms with Gasteiger partial charge in [-0.15, -0.1) is 0 Å². The normalized spacial score (nSPS) is 14.0. The lowest BCUT2D eigenvalue weighted by molar-refractivity contribution is 0.626. The molecule has 0 atom stereocenters. The number of para-hydroxylation sites is 1. The van der Waals surface area contributed by atoms with E-state index in [9.17, 15) is 0 Å². The Balaban J connectivity index is 2.01. The van der Waals surface area contributed by atoms with Crippen molar-refractivity contribution in [2.45, 2.75) is 13.0 Å². The summed E-state index contributed by atoms with van der Waals surface area (Å²) in [6.45, 7) is 1.72. The Hall–Kier alpha value is -1.17. The Kier molecular flexibility index (Phi) is 3.68. The number of nitrogens with one attached hydrogen (secondary N) is 2.